The minimum Gasteiger partial charge on any atom is -0.467 e. The second-order valence-electron chi connectivity index (χ2n) is 4.49. The fourth-order valence-electron chi connectivity index (χ4n) is 1.51. The normalized spacial score (nSPS) is 13.8. The number of aliphatic hydroxyl groups is 1. The molecule has 1 fully saturated rings. The van der Waals surface area contributed by atoms with Crippen LogP contribution in [0.1, 0.15) is 24.8 Å². The molecule has 0 heterocycles. The largest absolute Gasteiger partial charge is 0.467 e. The van der Waals surface area contributed by atoms with Crippen LogP contribution in [0.4, 0.5) is 4.39 Å². The van der Waals surface area contributed by atoms with E-state index in [4.69, 9.17) is 14.6 Å². The minimum absolute atomic E-state index is 0.0197. The SMILES string of the molecule is OCCC#Cc1ccc(OCOCC2CC2)cc1F. The second kappa shape index (κ2) is 7.13. The highest BCUT2D eigenvalue weighted by molar-refractivity contribution is 5.39. The van der Waals surface area contributed by atoms with E-state index in [-0.39, 0.29) is 13.4 Å². The Kier molecular flexibility index (Phi) is 5.20. The van der Waals surface area contributed by atoms with Crippen molar-refractivity contribution >= 4 is 0 Å². The van der Waals surface area contributed by atoms with Crippen molar-refractivity contribution in [1.29, 1.82) is 0 Å². The van der Waals surface area contributed by atoms with Crippen LogP contribution in [0, 0.1) is 23.6 Å². The molecule has 0 aliphatic heterocycles. The molecule has 1 aliphatic rings. The number of benzene rings is 1. The summed E-state index contributed by atoms with van der Waals surface area (Å²) in [6, 6.07) is 4.52. The van der Waals surface area contributed by atoms with Crippen molar-refractivity contribution in [2.75, 3.05) is 20.0 Å². The van der Waals surface area contributed by atoms with E-state index in [9.17, 15) is 4.39 Å². The van der Waals surface area contributed by atoms with Crippen molar-refractivity contribution in [3.8, 4) is 17.6 Å². The summed E-state index contributed by atoms with van der Waals surface area (Å²) in [5.74, 6) is 6.03. The van der Waals surface area contributed by atoms with Gasteiger partial charge in [-0.15, -0.1) is 0 Å². The predicted octanol–water partition coefficient (Wildman–Crippen LogP) is 2.32. The summed E-state index contributed by atoms with van der Waals surface area (Å²) in [7, 11) is 0. The summed E-state index contributed by atoms with van der Waals surface area (Å²) in [6.45, 7) is 0.840. The molecule has 1 saturated carbocycles. The number of rotatable bonds is 6. The standard InChI is InChI=1S/C15H17FO3/c16-15-9-14(19-11-18-10-12-4-5-12)7-6-13(15)3-1-2-8-17/h6-7,9,12,17H,2,4-5,8,10-11H2. The highest BCUT2D eigenvalue weighted by Crippen LogP contribution is 2.28. The molecule has 0 spiro atoms. The molecule has 3 nitrogen and oxygen atoms in total. The molecule has 1 aromatic carbocycles. The van der Waals surface area contributed by atoms with Gasteiger partial charge in [0, 0.05) is 12.5 Å². The molecule has 1 aliphatic carbocycles. The average molecular weight is 264 g/mol. The predicted molar refractivity (Wildman–Crippen MR) is 69.2 cm³/mol. The molecule has 0 radical (unpaired) electrons. The van der Waals surface area contributed by atoms with Gasteiger partial charge in [0.25, 0.3) is 0 Å². The van der Waals surface area contributed by atoms with Crippen LogP contribution < -0.4 is 4.74 Å². The Morgan fingerprint density at radius 3 is 2.89 bits per heavy atom. The minimum atomic E-state index is -0.426. The van der Waals surface area contributed by atoms with Crippen molar-refractivity contribution < 1.29 is 19.0 Å². The Morgan fingerprint density at radius 2 is 2.21 bits per heavy atom. The van der Waals surface area contributed by atoms with Crippen molar-refractivity contribution in [1.82, 2.24) is 0 Å². The summed E-state index contributed by atoms with van der Waals surface area (Å²) >= 11 is 0. The summed E-state index contributed by atoms with van der Waals surface area (Å²) in [6.07, 6.45) is 2.80. The van der Waals surface area contributed by atoms with Crippen LogP contribution in [0.15, 0.2) is 18.2 Å². The molecular weight excluding hydrogens is 247 g/mol. The molecule has 19 heavy (non-hydrogen) atoms. The van der Waals surface area contributed by atoms with Crippen LogP contribution in [0.5, 0.6) is 5.75 Å². The van der Waals surface area contributed by atoms with Crippen LogP contribution in [0.2, 0.25) is 0 Å². The topological polar surface area (TPSA) is 38.7 Å². The van der Waals surface area contributed by atoms with Crippen LogP contribution in [-0.2, 0) is 4.74 Å². The van der Waals surface area contributed by atoms with Gasteiger partial charge in [0.1, 0.15) is 11.6 Å². The Morgan fingerprint density at radius 1 is 1.37 bits per heavy atom. The lowest BCUT2D eigenvalue weighted by Gasteiger charge is -2.07. The lowest BCUT2D eigenvalue weighted by molar-refractivity contribution is 0.00983. The molecule has 0 amide bonds. The molecule has 1 aromatic rings. The van der Waals surface area contributed by atoms with Crippen molar-refractivity contribution in [2.45, 2.75) is 19.3 Å². The van der Waals surface area contributed by atoms with E-state index < -0.39 is 5.82 Å². The van der Waals surface area contributed by atoms with Gasteiger partial charge in [-0.2, -0.15) is 0 Å². The third kappa shape index (κ3) is 4.90. The zero-order valence-corrected chi connectivity index (χ0v) is 10.7. The van der Waals surface area contributed by atoms with Gasteiger partial charge < -0.3 is 14.6 Å². The van der Waals surface area contributed by atoms with Crippen molar-refractivity contribution in [2.24, 2.45) is 5.92 Å². The first-order valence-electron chi connectivity index (χ1n) is 6.39. The Hall–Kier alpha value is -1.57. The summed E-state index contributed by atoms with van der Waals surface area (Å²) < 4.78 is 24.2. The van der Waals surface area contributed by atoms with E-state index in [2.05, 4.69) is 11.8 Å². The van der Waals surface area contributed by atoms with E-state index in [0.29, 0.717) is 30.3 Å². The molecule has 102 valence electrons. The van der Waals surface area contributed by atoms with Crippen LogP contribution in [0.3, 0.4) is 0 Å². The highest BCUT2D eigenvalue weighted by Gasteiger charge is 2.21. The first-order valence-corrected chi connectivity index (χ1v) is 6.39. The lowest BCUT2D eigenvalue weighted by atomic mass is 10.2. The molecule has 0 unspecified atom stereocenters. The van der Waals surface area contributed by atoms with E-state index in [1.165, 1.54) is 18.9 Å². The first-order chi connectivity index (χ1) is 9.29. The number of aliphatic hydroxyl groups excluding tert-OH is 1. The molecular formula is C15H17FO3. The van der Waals surface area contributed by atoms with E-state index in [0.717, 1.165) is 0 Å². The van der Waals surface area contributed by atoms with E-state index in [1.54, 1.807) is 12.1 Å². The van der Waals surface area contributed by atoms with Gasteiger partial charge in [-0.05, 0) is 30.9 Å². The zero-order chi connectivity index (χ0) is 13.5. The number of hydrogen-bond donors (Lipinski definition) is 1. The average Bonchev–Trinajstić information content (AvgIpc) is 3.21. The molecule has 0 atom stereocenters. The third-order valence-corrected chi connectivity index (χ3v) is 2.76. The zero-order valence-electron chi connectivity index (χ0n) is 10.7. The summed E-state index contributed by atoms with van der Waals surface area (Å²) in [5.41, 5.74) is 0.305. The monoisotopic (exact) mass is 264 g/mol. The Bertz CT molecular complexity index is 472. The maximum atomic E-state index is 13.6. The molecule has 2 rings (SSSR count). The molecule has 0 saturated heterocycles. The molecule has 1 N–H and O–H groups in total. The van der Waals surface area contributed by atoms with Crippen molar-refractivity contribution in [3.05, 3.63) is 29.6 Å². The number of ether oxygens (including phenoxy) is 2. The third-order valence-electron chi connectivity index (χ3n) is 2.76. The lowest BCUT2D eigenvalue weighted by Crippen LogP contribution is -2.05. The molecule has 4 heteroatoms. The first kappa shape index (κ1) is 13.9. The number of hydrogen-bond acceptors (Lipinski definition) is 3. The van der Waals surface area contributed by atoms with Crippen molar-refractivity contribution in [3.63, 3.8) is 0 Å². The fourth-order valence-corrected chi connectivity index (χ4v) is 1.51. The van der Waals surface area contributed by atoms with Gasteiger partial charge in [-0.25, -0.2) is 4.39 Å². The fraction of sp³-hybridized carbons (Fsp3) is 0.467. The molecule has 0 aromatic heterocycles. The highest BCUT2D eigenvalue weighted by atomic mass is 19.1. The smallest absolute Gasteiger partial charge is 0.189 e. The van der Waals surface area contributed by atoms with Gasteiger partial charge in [0.05, 0.1) is 18.8 Å². The van der Waals surface area contributed by atoms with Crippen LogP contribution in [-0.4, -0.2) is 25.1 Å². The van der Waals surface area contributed by atoms with Gasteiger partial charge in [0.2, 0.25) is 0 Å². The number of halogens is 1. The van der Waals surface area contributed by atoms with E-state index in [1.807, 2.05) is 0 Å². The van der Waals surface area contributed by atoms with Gasteiger partial charge in [-0.1, -0.05) is 11.8 Å². The maximum Gasteiger partial charge on any atom is 0.189 e. The molecule has 0 bridgehead atoms. The Balaban J connectivity index is 1.81. The van der Waals surface area contributed by atoms with Crippen LogP contribution in [0.25, 0.3) is 0 Å². The Labute approximate surface area is 112 Å². The van der Waals surface area contributed by atoms with E-state index >= 15 is 0 Å². The second-order valence-corrected chi connectivity index (χ2v) is 4.49. The summed E-state index contributed by atoms with van der Waals surface area (Å²) in [4.78, 5) is 0. The van der Waals surface area contributed by atoms with Gasteiger partial charge in [0.15, 0.2) is 6.79 Å². The quantitative estimate of drug-likeness (QED) is 0.487. The maximum absolute atomic E-state index is 13.6. The summed E-state index contributed by atoms with van der Waals surface area (Å²) in [5, 5.41) is 8.59. The van der Waals surface area contributed by atoms with Crippen LogP contribution >= 0.6 is 0 Å². The van der Waals surface area contributed by atoms with Gasteiger partial charge >= 0.3 is 0 Å². The van der Waals surface area contributed by atoms with Gasteiger partial charge in [-0.3, -0.25) is 0 Å².